The molecule has 17 heavy (non-hydrogen) atoms. The number of hydrogen-bond acceptors (Lipinski definition) is 3. The highest BCUT2D eigenvalue weighted by Crippen LogP contribution is 2.29. The summed E-state index contributed by atoms with van der Waals surface area (Å²) >= 11 is 6.20. The first-order valence-corrected chi connectivity index (χ1v) is 5.69. The Morgan fingerprint density at radius 1 is 1.24 bits per heavy atom. The Hall–Kier alpha value is -1.74. The quantitative estimate of drug-likeness (QED) is 0.851. The zero-order valence-electron chi connectivity index (χ0n) is 9.79. The highest BCUT2D eigenvalue weighted by atomic mass is 35.5. The molecule has 0 saturated heterocycles. The highest BCUT2D eigenvalue weighted by molar-refractivity contribution is 6.33. The first kappa shape index (κ1) is 11.7. The normalized spacial score (nSPS) is 10.3. The Morgan fingerprint density at radius 3 is 2.65 bits per heavy atom. The third-order valence-corrected chi connectivity index (χ3v) is 2.77. The summed E-state index contributed by atoms with van der Waals surface area (Å²) in [5.41, 5.74) is 9.46. The van der Waals surface area contributed by atoms with Gasteiger partial charge in [-0.2, -0.15) is 0 Å². The molecule has 3 nitrogen and oxygen atoms in total. The zero-order valence-corrected chi connectivity index (χ0v) is 10.5. The molecule has 0 aliphatic heterocycles. The summed E-state index contributed by atoms with van der Waals surface area (Å²) in [6.45, 7) is 4.02. The van der Waals surface area contributed by atoms with E-state index in [1.54, 1.807) is 18.3 Å². The Kier molecular flexibility index (Phi) is 3.20. The smallest absolute Gasteiger partial charge is 0.132 e. The van der Waals surface area contributed by atoms with E-state index in [1.165, 1.54) is 0 Å². The third-order valence-electron chi connectivity index (χ3n) is 2.47. The molecule has 0 unspecified atom stereocenters. The van der Waals surface area contributed by atoms with Crippen LogP contribution in [0.2, 0.25) is 5.02 Å². The molecule has 0 fully saturated rings. The SMILES string of the molecule is Cc1cc(C)c(Nc2cc(N)ccn2)c(Cl)c1. The van der Waals surface area contributed by atoms with Crippen molar-refractivity contribution in [3.63, 3.8) is 0 Å². The van der Waals surface area contributed by atoms with Gasteiger partial charge in [0.1, 0.15) is 5.82 Å². The summed E-state index contributed by atoms with van der Waals surface area (Å²) in [6.07, 6.45) is 1.66. The predicted molar refractivity (Wildman–Crippen MR) is 72.9 cm³/mol. The molecule has 0 spiro atoms. The lowest BCUT2D eigenvalue weighted by Gasteiger charge is -2.12. The van der Waals surface area contributed by atoms with E-state index in [9.17, 15) is 0 Å². The molecule has 0 aliphatic rings. The Bertz CT molecular complexity index is 529. The fourth-order valence-electron chi connectivity index (χ4n) is 1.72. The summed E-state index contributed by atoms with van der Waals surface area (Å²) in [7, 11) is 0. The van der Waals surface area contributed by atoms with E-state index in [1.807, 2.05) is 19.9 Å². The molecule has 2 aromatic rings. The number of aromatic nitrogens is 1. The maximum Gasteiger partial charge on any atom is 0.132 e. The van der Waals surface area contributed by atoms with Crippen LogP contribution in [0.25, 0.3) is 0 Å². The summed E-state index contributed by atoms with van der Waals surface area (Å²) in [5, 5.41) is 3.87. The van der Waals surface area contributed by atoms with Crippen LogP contribution in [0.1, 0.15) is 11.1 Å². The van der Waals surface area contributed by atoms with Gasteiger partial charge in [0.25, 0.3) is 0 Å². The number of rotatable bonds is 2. The van der Waals surface area contributed by atoms with Crippen LogP contribution in [0, 0.1) is 13.8 Å². The van der Waals surface area contributed by atoms with Gasteiger partial charge in [0.15, 0.2) is 0 Å². The van der Waals surface area contributed by atoms with E-state index >= 15 is 0 Å². The summed E-state index contributed by atoms with van der Waals surface area (Å²) < 4.78 is 0. The molecule has 3 N–H and O–H groups in total. The number of aryl methyl sites for hydroxylation is 2. The minimum Gasteiger partial charge on any atom is -0.399 e. The molecule has 4 heteroatoms. The van der Waals surface area contributed by atoms with Gasteiger partial charge in [-0.05, 0) is 37.1 Å². The van der Waals surface area contributed by atoms with Crippen LogP contribution in [0.5, 0.6) is 0 Å². The molecule has 88 valence electrons. The number of nitrogens with zero attached hydrogens (tertiary/aromatic N) is 1. The number of pyridine rings is 1. The van der Waals surface area contributed by atoms with Crippen LogP contribution in [-0.2, 0) is 0 Å². The molecule has 1 heterocycles. The van der Waals surface area contributed by atoms with Gasteiger partial charge in [-0.1, -0.05) is 17.7 Å². The van der Waals surface area contributed by atoms with E-state index in [0.717, 1.165) is 16.8 Å². The Morgan fingerprint density at radius 2 is 2.00 bits per heavy atom. The van der Waals surface area contributed by atoms with E-state index in [2.05, 4.69) is 16.4 Å². The minimum absolute atomic E-state index is 0.670. The number of halogens is 1. The van der Waals surface area contributed by atoms with E-state index in [4.69, 9.17) is 17.3 Å². The van der Waals surface area contributed by atoms with Crippen LogP contribution in [0.3, 0.4) is 0 Å². The summed E-state index contributed by atoms with van der Waals surface area (Å²) in [6, 6.07) is 7.51. The molecule has 0 atom stereocenters. The average molecular weight is 248 g/mol. The molecule has 0 saturated carbocycles. The lowest BCUT2D eigenvalue weighted by molar-refractivity contribution is 1.29. The molecule has 0 aliphatic carbocycles. The molecular formula is C13H14ClN3. The van der Waals surface area contributed by atoms with Crippen LogP contribution >= 0.6 is 11.6 Å². The highest BCUT2D eigenvalue weighted by Gasteiger charge is 2.06. The summed E-state index contributed by atoms with van der Waals surface area (Å²) in [4.78, 5) is 4.19. The molecule has 1 aromatic carbocycles. The number of nitrogens with one attached hydrogen (secondary N) is 1. The zero-order chi connectivity index (χ0) is 12.4. The van der Waals surface area contributed by atoms with Crippen molar-refractivity contribution in [3.8, 4) is 0 Å². The second-order valence-electron chi connectivity index (χ2n) is 4.04. The van der Waals surface area contributed by atoms with Crippen molar-refractivity contribution in [2.75, 3.05) is 11.1 Å². The van der Waals surface area contributed by atoms with Gasteiger partial charge in [-0.25, -0.2) is 4.98 Å². The monoisotopic (exact) mass is 247 g/mol. The number of anilines is 3. The van der Waals surface area contributed by atoms with Gasteiger partial charge in [-0.15, -0.1) is 0 Å². The van der Waals surface area contributed by atoms with E-state index < -0.39 is 0 Å². The molecule has 0 amide bonds. The lowest BCUT2D eigenvalue weighted by atomic mass is 10.1. The number of hydrogen-bond donors (Lipinski definition) is 2. The van der Waals surface area contributed by atoms with Gasteiger partial charge in [0.2, 0.25) is 0 Å². The first-order chi connectivity index (χ1) is 8.06. The van der Waals surface area contributed by atoms with Crippen LogP contribution < -0.4 is 11.1 Å². The standard InChI is InChI=1S/C13H14ClN3/c1-8-5-9(2)13(11(14)6-8)17-12-7-10(15)3-4-16-12/h3-7H,1-2H3,(H3,15,16,17). The fraction of sp³-hybridized carbons (Fsp3) is 0.154. The van der Waals surface area contributed by atoms with Gasteiger partial charge >= 0.3 is 0 Å². The number of benzene rings is 1. The fourth-order valence-corrected chi connectivity index (χ4v) is 2.09. The van der Waals surface area contributed by atoms with Crippen molar-refractivity contribution in [2.45, 2.75) is 13.8 Å². The van der Waals surface area contributed by atoms with Crippen LogP contribution in [0.4, 0.5) is 17.2 Å². The van der Waals surface area contributed by atoms with Crippen molar-refractivity contribution in [1.29, 1.82) is 0 Å². The molecule has 1 aromatic heterocycles. The maximum absolute atomic E-state index is 6.20. The van der Waals surface area contributed by atoms with Crippen molar-refractivity contribution in [2.24, 2.45) is 0 Å². The second kappa shape index (κ2) is 4.63. The first-order valence-electron chi connectivity index (χ1n) is 5.31. The second-order valence-corrected chi connectivity index (χ2v) is 4.45. The average Bonchev–Trinajstić information content (AvgIpc) is 2.23. The third kappa shape index (κ3) is 2.68. The van der Waals surface area contributed by atoms with Gasteiger partial charge in [0, 0.05) is 18.0 Å². The van der Waals surface area contributed by atoms with Gasteiger partial charge in [0.05, 0.1) is 10.7 Å². The van der Waals surface area contributed by atoms with Crippen molar-refractivity contribution in [1.82, 2.24) is 4.98 Å². The van der Waals surface area contributed by atoms with E-state index in [0.29, 0.717) is 16.5 Å². The largest absolute Gasteiger partial charge is 0.399 e. The Balaban J connectivity index is 2.36. The topological polar surface area (TPSA) is 50.9 Å². The van der Waals surface area contributed by atoms with Crippen molar-refractivity contribution >= 4 is 28.8 Å². The summed E-state index contributed by atoms with van der Waals surface area (Å²) in [5.74, 6) is 0.693. The predicted octanol–water partition coefficient (Wildman–Crippen LogP) is 3.68. The van der Waals surface area contributed by atoms with Crippen LogP contribution in [-0.4, -0.2) is 4.98 Å². The molecule has 0 bridgehead atoms. The molecule has 2 rings (SSSR count). The molecular weight excluding hydrogens is 234 g/mol. The number of nitrogen functional groups attached to an aromatic ring is 1. The lowest BCUT2D eigenvalue weighted by Crippen LogP contribution is -1.98. The van der Waals surface area contributed by atoms with Gasteiger partial charge in [-0.3, -0.25) is 0 Å². The number of nitrogens with two attached hydrogens (primary N) is 1. The molecule has 0 radical (unpaired) electrons. The van der Waals surface area contributed by atoms with E-state index in [-0.39, 0.29) is 0 Å². The van der Waals surface area contributed by atoms with Crippen molar-refractivity contribution < 1.29 is 0 Å². The maximum atomic E-state index is 6.20. The van der Waals surface area contributed by atoms with Gasteiger partial charge < -0.3 is 11.1 Å². The van der Waals surface area contributed by atoms with Crippen molar-refractivity contribution in [3.05, 3.63) is 46.6 Å². The Labute approximate surface area is 106 Å². The minimum atomic E-state index is 0.670. The van der Waals surface area contributed by atoms with Crippen LogP contribution in [0.15, 0.2) is 30.5 Å².